The molecule has 3 aromatic rings. The smallest absolute Gasteiger partial charge is 0.271 e. The molecule has 0 radical (unpaired) electrons. The van der Waals surface area contributed by atoms with E-state index in [1.54, 1.807) is 13.3 Å². The van der Waals surface area contributed by atoms with Crippen molar-refractivity contribution in [3.8, 4) is 5.75 Å². The third kappa shape index (κ3) is 5.53. The molecule has 0 saturated carbocycles. The second-order valence-electron chi connectivity index (χ2n) is 7.74. The van der Waals surface area contributed by atoms with Crippen LogP contribution in [0.25, 0.3) is 0 Å². The second-order valence-corrected chi connectivity index (χ2v) is 7.74. The summed E-state index contributed by atoms with van der Waals surface area (Å²) in [5, 5.41) is 4.03. The number of nitrogens with one attached hydrogen (secondary N) is 1. The number of rotatable bonds is 7. The van der Waals surface area contributed by atoms with Gasteiger partial charge in [0.15, 0.2) is 0 Å². The number of nitrogens with zero attached hydrogens (tertiary/aromatic N) is 3. The van der Waals surface area contributed by atoms with Crippen molar-refractivity contribution in [3.05, 3.63) is 95.6 Å². The van der Waals surface area contributed by atoms with Crippen molar-refractivity contribution >= 4 is 17.8 Å². The van der Waals surface area contributed by atoms with E-state index in [1.165, 1.54) is 5.56 Å². The summed E-state index contributed by atoms with van der Waals surface area (Å²) >= 11 is 0. The summed E-state index contributed by atoms with van der Waals surface area (Å²) in [5.74, 6) is 0.706. The quantitative estimate of drug-likeness (QED) is 0.460. The van der Waals surface area contributed by atoms with Gasteiger partial charge in [-0.1, -0.05) is 54.6 Å². The number of hydrogen-bond acceptors (Lipinski definition) is 5. The van der Waals surface area contributed by atoms with Crippen LogP contribution in [0.3, 0.4) is 0 Å². The summed E-state index contributed by atoms with van der Waals surface area (Å²) in [4.78, 5) is 17.1. The molecular weight excluding hydrogens is 400 g/mol. The van der Waals surface area contributed by atoms with Gasteiger partial charge >= 0.3 is 0 Å². The fourth-order valence-electron chi connectivity index (χ4n) is 3.83. The van der Waals surface area contributed by atoms with Gasteiger partial charge in [-0.05, 0) is 35.4 Å². The summed E-state index contributed by atoms with van der Waals surface area (Å²) < 4.78 is 5.50. The average molecular weight is 429 g/mol. The Hall–Kier alpha value is -3.64. The van der Waals surface area contributed by atoms with Crippen LogP contribution >= 0.6 is 0 Å². The van der Waals surface area contributed by atoms with E-state index in [9.17, 15) is 4.79 Å². The summed E-state index contributed by atoms with van der Waals surface area (Å²) in [5.41, 5.74) is 6.47. The topological polar surface area (TPSA) is 57.2 Å². The lowest BCUT2D eigenvalue weighted by Gasteiger charge is -2.36. The molecule has 0 spiro atoms. The number of carbonyl (C=O) groups is 1. The summed E-state index contributed by atoms with van der Waals surface area (Å²) in [7, 11) is 1.72. The van der Waals surface area contributed by atoms with Gasteiger partial charge in [-0.2, -0.15) is 5.10 Å². The van der Waals surface area contributed by atoms with Crippen molar-refractivity contribution in [2.75, 3.05) is 38.2 Å². The summed E-state index contributed by atoms with van der Waals surface area (Å²) in [6.45, 7) is 4.75. The molecule has 6 nitrogen and oxygen atoms in total. The number of hydrazone groups is 1. The maximum atomic E-state index is 12.3. The normalized spacial score (nSPS) is 14.5. The van der Waals surface area contributed by atoms with Crippen LogP contribution in [0.1, 0.15) is 21.5 Å². The van der Waals surface area contributed by atoms with Gasteiger partial charge < -0.3 is 9.64 Å². The molecule has 0 aromatic heterocycles. The molecule has 1 N–H and O–H groups in total. The zero-order valence-electron chi connectivity index (χ0n) is 18.3. The van der Waals surface area contributed by atoms with Crippen LogP contribution in [0.2, 0.25) is 0 Å². The van der Waals surface area contributed by atoms with E-state index in [-0.39, 0.29) is 5.91 Å². The Balaban J connectivity index is 1.27. The second kappa shape index (κ2) is 10.6. The van der Waals surface area contributed by atoms with Gasteiger partial charge in [0.25, 0.3) is 5.91 Å². The Morgan fingerprint density at radius 1 is 0.938 bits per heavy atom. The standard InChI is InChI=1S/C26H28N4O2/c1-32-25-10-6-5-9-24(25)30-17-15-29(16-18-30)20-22-11-13-23(14-12-22)26(31)28-27-19-21-7-3-2-4-8-21/h2-14,19H,15-18,20H2,1H3,(H,28,31)/b27-19-. The molecule has 0 bridgehead atoms. The zero-order valence-corrected chi connectivity index (χ0v) is 18.3. The van der Waals surface area contributed by atoms with Crippen molar-refractivity contribution < 1.29 is 9.53 Å². The number of ether oxygens (including phenoxy) is 1. The molecule has 1 amide bonds. The van der Waals surface area contributed by atoms with E-state index in [4.69, 9.17) is 4.74 Å². The fraction of sp³-hybridized carbons (Fsp3) is 0.231. The first kappa shape index (κ1) is 21.6. The van der Waals surface area contributed by atoms with E-state index in [0.29, 0.717) is 5.56 Å². The minimum Gasteiger partial charge on any atom is -0.495 e. The molecule has 0 aliphatic carbocycles. The first-order chi connectivity index (χ1) is 15.7. The van der Waals surface area contributed by atoms with E-state index in [1.807, 2.05) is 66.7 Å². The average Bonchev–Trinajstić information content (AvgIpc) is 2.85. The lowest BCUT2D eigenvalue weighted by Crippen LogP contribution is -2.46. The monoisotopic (exact) mass is 428 g/mol. The predicted octanol–water partition coefficient (Wildman–Crippen LogP) is 3.78. The lowest BCUT2D eigenvalue weighted by atomic mass is 10.1. The van der Waals surface area contributed by atoms with Crippen LogP contribution in [-0.4, -0.2) is 50.3 Å². The summed E-state index contributed by atoms with van der Waals surface area (Å²) in [6, 6.07) is 25.6. The highest BCUT2D eigenvalue weighted by Gasteiger charge is 2.19. The minimum atomic E-state index is -0.214. The van der Waals surface area contributed by atoms with Crippen molar-refractivity contribution in [1.29, 1.82) is 0 Å². The van der Waals surface area contributed by atoms with Gasteiger partial charge in [0, 0.05) is 38.3 Å². The molecule has 1 saturated heterocycles. The molecular formula is C26H28N4O2. The Morgan fingerprint density at radius 2 is 1.62 bits per heavy atom. The van der Waals surface area contributed by atoms with Gasteiger partial charge in [0.1, 0.15) is 5.75 Å². The largest absolute Gasteiger partial charge is 0.495 e. The number of methoxy groups -OCH3 is 1. The molecule has 0 atom stereocenters. The molecule has 3 aromatic carbocycles. The number of hydrogen-bond donors (Lipinski definition) is 1. The molecule has 1 heterocycles. The highest BCUT2D eigenvalue weighted by atomic mass is 16.5. The third-order valence-corrected chi connectivity index (χ3v) is 5.60. The zero-order chi connectivity index (χ0) is 22.2. The fourth-order valence-corrected chi connectivity index (χ4v) is 3.83. The van der Waals surface area contributed by atoms with Crippen LogP contribution in [0.15, 0.2) is 84.0 Å². The Labute approximate surface area is 189 Å². The summed E-state index contributed by atoms with van der Waals surface area (Å²) in [6.07, 6.45) is 1.64. The third-order valence-electron chi connectivity index (χ3n) is 5.60. The van der Waals surface area contributed by atoms with Gasteiger partial charge in [-0.25, -0.2) is 5.43 Å². The Kier molecular flexibility index (Phi) is 7.15. The highest BCUT2D eigenvalue weighted by molar-refractivity contribution is 5.94. The first-order valence-electron chi connectivity index (χ1n) is 10.8. The van der Waals surface area contributed by atoms with E-state index in [2.05, 4.69) is 32.5 Å². The van der Waals surface area contributed by atoms with Crippen molar-refractivity contribution in [2.45, 2.75) is 6.54 Å². The van der Waals surface area contributed by atoms with E-state index >= 15 is 0 Å². The molecule has 164 valence electrons. The van der Waals surface area contributed by atoms with Crippen LogP contribution in [0.5, 0.6) is 5.75 Å². The lowest BCUT2D eigenvalue weighted by molar-refractivity contribution is 0.0955. The van der Waals surface area contributed by atoms with Gasteiger partial charge in [-0.3, -0.25) is 9.69 Å². The maximum absolute atomic E-state index is 12.3. The Morgan fingerprint density at radius 3 is 2.34 bits per heavy atom. The Bertz CT molecular complexity index is 1040. The number of amides is 1. The minimum absolute atomic E-state index is 0.214. The molecule has 0 unspecified atom stereocenters. The number of benzene rings is 3. The van der Waals surface area contributed by atoms with Gasteiger partial charge in [0.2, 0.25) is 0 Å². The number of para-hydroxylation sites is 2. The van der Waals surface area contributed by atoms with Gasteiger partial charge in [0.05, 0.1) is 19.0 Å². The number of carbonyl (C=O) groups excluding carboxylic acids is 1. The highest BCUT2D eigenvalue weighted by Crippen LogP contribution is 2.28. The van der Waals surface area contributed by atoms with Crippen molar-refractivity contribution in [3.63, 3.8) is 0 Å². The van der Waals surface area contributed by atoms with Crippen LogP contribution in [-0.2, 0) is 6.54 Å². The predicted molar refractivity (Wildman–Crippen MR) is 128 cm³/mol. The molecule has 1 aliphatic heterocycles. The molecule has 32 heavy (non-hydrogen) atoms. The van der Waals surface area contributed by atoms with Crippen LogP contribution in [0, 0.1) is 0 Å². The molecule has 4 rings (SSSR count). The molecule has 1 aliphatic rings. The number of anilines is 1. The SMILES string of the molecule is COc1ccccc1N1CCN(Cc2ccc(C(=O)N/N=C\c3ccccc3)cc2)CC1. The van der Waals surface area contributed by atoms with Crippen molar-refractivity contribution in [1.82, 2.24) is 10.3 Å². The van der Waals surface area contributed by atoms with E-state index < -0.39 is 0 Å². The maximum Gasteiger partial charge on any atom is 0.271 e. The number of piperazine rings is 1. The van der Waals surface area contributed by atoms with E-state index in [0.717, 1.165) is 49.7 Å². The molecule has 1 fully saturated rings. The first-order valence-corrected chi connectivity index (χ1v) is 10.8. The molecule has 6 heteroatoms. The van der Waals surface area contributed by atoms with Crippen LogP contribution < -0.4 is 15.1 Å². The van der Waals surface area contributed by atoms with Gasteiger partial charge in [-0.15, -0.1) is 0 Å². The van der Waals surface area contributed by atoms with Crippen molar-refractivity contribution in [2.24, 2.45) is 5.10 Å². The van der Waals surface area contributed by atoms with Crippen LogP contribution in [0.4, 0.5) is 5.69 Å².